The molecule has 0 saturated carbocycles. The van der Waals surface area contributed by atoms with Gasteiger partial charge in [0.1, 0.15) is 10.6 Å². The maximum atomic E-state index is 12.5. The number of amides is 1. The minimum absolute atomic E-state index is 0.0722. The third kappa shape index (κ3) is 4.08. The van der Waals surface area contributed by atoms with Crippen molar-refractivity contribution in [2.75, 3.05) is 14.2 Å². The second-order valence-electron chi connectivity index (χ2n) is 4.75. The first-order valence-electron chi connectivity index (χ1n) is 6.91. The Bertz CT molecular complexity index is 789. The monoisotopic (exact) mass is 334 g/mol. The number of hydrogen-bond acceptors (Lipinski definition) is 4. The number of nitrogens with one attached hydrogen (secondary N) is 2. The fraction of sp³-hybridized carbons (Fsp3) is 0.188. The van der Waals surface area contributed by atoms with Crippen molar-refractivity contribution in [2.45, 2.75) is 11.4 Å². The Morgan fingerprint density at radius 2 is 1.83 bits per heavy atom. The lowest BCUT2D eigenvalue weighted by Crippen LogP contribution is -2.25. The number of ether oxygens (including phenoxy) is 1. The van der Waals surface area contributed by atoms with Crippen molar-refractivity contribution >= 4 is 15.9 Å². The van der Waals surface area contributed by atoms with Crippen LogP contribution in [0.4, 0.5) is 0 Å². The number of carbonyl (C=O) groups excluding carboxylic acids is 1. The first-order valence-corrected chi connectivity index (χ1v) is 8.40. The van der Waals surface area contributed by atoms with Crippen LogP contribution in [-0.4, -0.2) is 28.5 Å². The van der Waals surface area contributed by atoms with Crippen LogP contribution in [0.15, 0.2) is 53.4 Å². The van der Waals surface area contributed by atoms with Crippen LogP contribution in [0, 0.1) is 0 Å². The van der Waals surface area contributed by atoms with Crippen molar-refractivity contribution in [1.82, 2.24) is 10.0 Å². The summed E-state index contributed by atoms with van der Waals surface area (Å²) in [6.45, 7) is 0.149. The molecule has 2 aromatic rings. The Morgan fingerprint density at radius 3 is 2.43 bits per heavy atom. The predicted octanol–water partition coefficient (Wildman–Crippen LogP) is 1.53. The van der Waals surface area contributed by atoms with E-state index < -0.39 is 10.0 Å². The Balaban J connectivity index is 2.32. The van der Waals surface area contributed by atoms with Gasteiger partial charge in [0.05, 0.1) is 7.11 Å². The van der Waals surface area contributed by atoms with Gasteiger partial charge in [-0.3, -0.25) is 4.79 Å². The smallest absolute Gasteiger partial charge is 0.251 e. The van der Waals surface area contributed by atoms with E-state index in [1.54, 1.807) is 0 Å². The molecule has 0 spiro atoms. The summed E-state index contributed by atoms with van der Waals surface area (Å²) >= 11 is 0. The molecule has 2 aromatic carbocycles. The molecule has 0 aromatic heterocycles. The average molecular weight is 334 g/mol. The van der Waals surface area contributed by atoms with Crippen LogP contribution in [0.1, 0.15) is 15.9 Å². The standard InChI is InChI=1S/C16H18N2O4S/c1-17-16(19)13-8-9-14(22-2)15(10-13)23(20,21)18-11-12-6-4-3-5-7-12/h3-10,18H,11H2,1-2H3,(H,17,19). The van der Waals surface area contributed by atoms with Crippen molar-refractivity contribution in [3.8, 4) is 5.75 Å². The summed E-state index contributed by atoms with van der Waals surface area (Å²) in [5.74, 6) is -0.189. The molecule has 0 saturated heterocycles. The molecule has 6 nitrogen and oxygen atoms in total. The first kappa shape index (κ1) is 17.0. The number of benzene rings is 2. The topological polar surface area (TPSA) is 84.5 Å². The van der Waals surface area contributed by atoms with Crippen LogP contribution in [0.3, 0.4) is 0 Å². The molecule has 1 amide bonds. The predicted molar refractivity (Wildman–Crippen MR) is 86.9 cm³/mol. The lowest BCUT2D eigenvalue weighted by molar-refractivity contribution is 0.0963. The molecule has 0 aliphatic heterocycles. The van der Waals surface area contributed by atoms with Crippen LogP contribution < -0.4 is 14.8 Å². The summed E-state index contributed by atoms with van der Waals surface area (Å²) in [5.41, 5.74) is 1.07. The molecule has 0 radical (unpaired) electrons. The molecule has 0 bridgehead atoms. The minimum Gasteiger partial charge on any atom is -0.495 e. The zero-order chi connectivity index (χ0) is 16.9. The number of sulfonamides is 1. The summed E-state index contributed by atoms with van der Waals surface area (Å²) in [6, 6.07) is 13.4. The van der Waals surface area contributed by atoms with Gasteiger partial charge in [-0.25, -0.2) is 13.1 Å². The molecule has 0 unspecified atom stereocenters. The SMILES string of the molecule is CNC(=O)c1ccc(OC)c(S(=O)(=O)NCc2ccccc2)c1. The number of carbonyl (C=O) groups is 1. The van der Waals surface area contributed by atoms with E-state index in [1.807, 2.05) is 30.3 Å². The Hall–Kier alpha value is -2.38. The molecule has 0 aliphatic carbocycles. The van der Waals surface area contributed by atoms with Gasteiger partial charge in [0, 0.05) is 19.2 Å². The highest BCUT2D eigenvalue weighted by Crippen LogP contribution is 2.25. The highest BCUT2D eigenvalue weighted by molar-refractivity contribution is 7.89. The molecule has 2 N–H and O–H groups in total. The van der Waals surface area contributed by atoms with Gasteiger partial charge in [0.15, 0.2) is 0 Å². The first-order chi connectivity index (χ1) is 11.0. The molecule has 7 heteroatoms. The van der Waals surface area contributed by atoms with Gasteiger partial charge in [-0.15, -0.1) is 0 Å². The van der Waals surface area contributed by atoms with Crippen LogP contribution in [0.25, 0.3) is 0 Å². The van der Waals surface area contributed by atoms with Gasteiger partial charge < -0.3 is 10.1 Å². The van der Waals surface area contributed by atoms with Gasteiger partial charge >= 0.3 is 0 Å². The Kier molecular flexibility index (Phi) is 5.36. The molecule has 2 rings (SSSR count). The van der Waals surface area contributed by atoms with Gasteiger partial charge in [-0.1, -0.05) is 30.3 Å². The van der Waals surface area contributed by atoms with Crippen LogP contribution in [0.5, 0.6) is 5.75 Å². The lowest BCUT2D eigenvalue weighted by atomic mass is 10.2. The zero-order valence-corrected chi connectivity index (χ0v) is 13.7. The molecule has 0 atom stereocenters. The largest absolute Gasteiger partial charge is 0.495 e. The van der Waals surface area contributed by atoms with Crippen molar-refractivity contribution in [1.29, 1.82) is 0 Å². The van der Waals surface area contributed by atoms with Crippen LogP contribution >= 0.6 is 0 Å². The van der Waals surface area contributed by atoms with Gasteiger partial charge in [-0.05, 0) is 23.8 Å². The number of hydrogen-bond donors (Lipinski definition) is 2. The quantitative estimate of drug-likeness (QED) is 0.839. The van der Waals surface area contributed by atoms with E-state index in [2.05, 4.69) is 10.0 Å². The van der Waals surface area contributed by atoms with Crippen molar-refractivity contribution in [3.63, 3.8) is 0 Å². The molecular formula is C16H18N2O4S. The fourth-order valence-corrected chi connectivity index (χ4v) is 3.23. The Morgan fingerprint density at radius 1 is 1.13 bits per heavy atom. The van der Waals surface area contributed by atoms with E-state index in [0.717, 1.165) is 5.56 Å². The van der Waals surface area contributed by atoms with E-state index >= 15 is 0 Å². The fourth-order valence-electron chi connectivity index (χ4n) is 2.02. The summed E-state index contributed by atoms with van der Waals surface area (Å²) in [6.07, 6.45) is 0. The van der Waals surface area contributed by atoms with E-state index in [4.69, 9.17) is 4.74 Å². The van der Waals surface area contributed by atoms with Crippen LogP contribution in [-0.2, 0) is 16.6 Å². The average Bonchev–Trinajstić information content (AvgIpc) is 2.59. The van der Waals surface area contributed by atoms with E-state index in [1.165, 1.54) is 32.4 Å². The number of methoxy groups -OCH3 is 1. The third-order valence-electron chi connectivity index (χ3n) is 3.25. The van der Waals surface area contributed by atoms with E-state index in [0.29, 0.717) is 0 Å². The maximum Gasteiger partial charge on any atom is 0.251 e. The highest BCUT2D eigenvalue weighted by Gasteiger charge is 2.21. The summed E-state index contributed by atoms with van der Waals surface area (Å²) < 4.78 is 32.7. The zero-order valence-electron chi connectivity index (χ0n) is 12.9. The molecule has 122 valence electrons. The van der Waals surface area contributed by atoms with Gasteiger partial charge in [0.25, 0.3) is 5.91 Å². The maximum absolute atomic E-state index is 12.5. The summed E-state index contributed by atoms with van der Waals surface area (Å²) in [5, 5.41) is 2.46. The second-order valence-corrected chi connectivity index (χ2v) is 6.49. The molecule has 0 aliphatic rings. The van der Waals surface area contributed by atoms with Crippen molar-refractivity contribution < 1.29 is 17.9 Å². The van der Waals surface area contributed by atoms with Crippen molar-refractivity contribution in [3.05, 3.63) is 59.7 Å². The molecule has 0 fully saturated rings. The van der Waals surface area contributed by atoms with Gasteiger partial charge in [-0.2, -0.15) is 0 Å². The third-order valence-corrected chi connectivity index (χ3v) is 4.67. The minimum atomic E-state index is -3.82. The molecular weight excluding hydrogens is 316 g/mol. The van der Waals surface area contributed by atoms with E-state index in [-0.39, 0.29) is 28.7 Å². The normalized spacial score (nSPS) is 11.0. The summed E-state index contributed by atoms with van der Waals surface area (Å²) in [7, 11) is -0.960. The van der Waals surface area contributed by atoms with E-state index in [9.17, 15) is 13.2 Å². The Labute approximate surface area is 135 Å². The molecule has 0 heterocycles. The number of rotatable bonds is 6. The lowest BCUT2D eigenvalue weighted by Gasteiger charge is -2.12. The van der Waals surface area contributed by atoms with Crippen molar-refractivity contribution in [2.24, 2.45) is 0 Å². The highest BCUT2D eigenvalue weighted by atomic mass is 32.2. The van der Waals surface area contributed by atoms with Crippen LogP contribution in [0.2, 0.25) is 0 Å². The second kappa shape index (κ2) is 7.26. The molecule has 23 heavy (non-hydrogen) atoms. The summed E-state index contributed by atoms with van der Waals surface area (Å²) in [4.78, 5) is 11.6. The van der Waals surface area contributed by atoms with Gasteiger partial charge in [0.2, 0.25) is 10.0 Å².